The van der Waals surface area contributed by atoms with Gasteiger partial charge in [-0.3, -0.25) is 9.78 Å². The van der Waals surface area contributed by atoms with Crippen LogP contribution in [-0.2, 0) is 9.71 Å². The minimum absolute atomic E-state index is 0.0407. The van der Waals surface area contributed by atoms with Crippen LogP contribution >= 0.6 is 11.6 Å². The number of ether oxygens (including phenoxy) is 1. The molecule has 150 valence electrons. The summed E-state index contributed by atoms with van der Waals surface area (Å²) in [5, 5.41) is 0.402. The third-order valence-electron chi connectivity index (χ3n) is 4.02. The van der Waals surface area contributed by atoms with Crippen molar-refractivity contribution >= 4 is 38.6 Å². The monoisotopic (exact) mass is 428 g/mol. The van der Waals surface area contributed by atoms with E-state index in [9.17, 15) is 9.00 Å². The molecule has 1 aromatic heterocycles. The lowest BCUT2D eigenvalue weighted by Crippen LogP contribution is -2.16. The van der Waals surface area contributed by atoms with Crippen molar-refractivity contribution in [3.8, 4) is 5.75 Å². The van der Waals surface area contributed by atoms with Crippen molar-refractivity contribution in [1.82, 2.24) is 4.98 Å². The summed E-state index contributed by atoms with van der Waals surface area (Å²) in [6.07, 6.45) is 3.12. The van der Waals surface area contributed by atoms with E-state index in [4.69, 9.17) is 16.3 Å². The number of nitrogens with zero attached hydrogens (tertiary/aromatic N) is 1. The van der Waals surface area contributed by atoms with E-state index in [0.717, 1.165) is 0 Å². The number of carbonyl (C=O) groups excluding carboxylic acids is 1. The quantitative estimate of drug-likeness (QED) is 0.431. The van der Waals surface area contributed by atoms with Crippen LogP contribution in [0.3, 0.4) is 0 Å². The Bertz CT molecular complexity index is 1110. The third kappa shape index (κ3) is 5.16. The Hall–Kier alpha value is -2.83. The summed E-state index contributed by atoms with van der Waals surface area (Å²) in [5.74, 6) is 4.27. The maximum absolute atomic E-state index is 13.3. The zero-order valence-electron chi connectivity index (χ0n) is 16.1. The van der Waals surface area contributed by atoms with Gasteiger partial charge >= 0.3 is 0 Å². The lowest BCUT2D eigenvalue weighted by molar-refractivity contribution is 0.103. The topological polar surface area (TPSA) is 68.3 Å². The maximum Gasteiger partial charge on any atom is 0.195 e. The Labute approximate surface area is 175 Å². The Morgan fingerprint density at radius 2 is 1.76 bits per heavy atom. The third-order valence-corrected chi connectivity index (χ3v) is 5.84. The molecule has 0 amide bonds. The highest BCUT2D eigenvalue weighted by atomic mass is 35.5. The molecule has 0 bridgehead atoms. The fourth-order valence-corrected chi connectivity index (χ4v) is 4.10. The summed E-state index contributed by atoms with van der Waals surface area (Å²) in [6, 6.07) is 14.9. The first kappa shape index (κ1) is 20.9. The summed E-state index contributed by atoms with van der Waals surface area (Å²) in [5.41, 5.74) is 1.15. The zero-order valence-corrected chi connectivity index (χ0v) is 17.7. The number of pyridine rings is 1. The van der Waals surface area contributed by atoms with Gasteiger partial charge < -0.3 is 9.46 Å². The molecule has 5 nitrogen and oxygen atoms in total. The zero-order chi connectivity index (χ0) is 21.0. The Morgan fingerprint density at radius 3 is 2.38 bits per heavy atom. The fraction of sp³-hybridized carbons (Fsp3) is 0.136. The molecule has 2 aromatic carbocycles. The van der Waals surface area contributed by atoms with Gasteiger partial charge in [0, 0.05) is 33.4 Å². The van der Waals surface area contributed by atoms with Gasteiger partial charge in [-0.05, 0) is 74.3 Å². The number of rotatable bonds is 7. The second kappa shape index (κ2) is 8.68. The minimum atomic E-state index is -2.92. The van der Waals surface area contributed by atoms with Crippen LogP contribution in [0.25, 0.3) is 0 Å². The van der Waals surface area contributed by atoms with Crippen molar-refractivity contribution in [2.24, 2.45) is 0 Å². The highest BCUT2D eigenvalue weighted by Crippen LogP contribution is 2.26. The molecule has 7 heteroatoms. The number of aromatic nitrogens is 1. The molecule has 1 unspecified atom stereocenters. The van der Waals surface area contributed by atoms with Crippen molar-refractivity contribution in [1.29, 1.82) is 0 Å². The molecule has 0 aliphatic heterocycles. The molecule has 0 aliphatic carbocycles. The van der Waals surface area contributed by atoms with Crippen molar-refractivity contribution in [2.75, 3.05) is 4.72 Å². The summed E-state index contributed by atoms with van der Waals surface area (Å²) >= 11 is 6.10. The minimum Gasteiger partial charge on any atom is -0.491 e. The molecule has 0 saturated heterocycles. The number of halogens is 1. The Morgan fingerprint density at radius 1 is 1.10 bits per heavy atom. The molecule has 1 heterocycles. The highest BCUT2D eigenvalue weighted by molar-refractivity contribution is 8.01. The number of hydrogen-bond donors (Lipinski definition) is 1. The summed E-state index contributed by atoms with van der Waals surface area (Å²) < 4.78 is 21.8. The first-order valence-electron chi connectivity index (χ1n) is 8.92. The van der Waals surface area contributed by atoms with E-state index < -0.39 is 9.71 Å². The smallest absolute Gasteiger partial charge is 0.195 e. The summed E-state index contributed by atoms with van der Waals surface area (Å²) in [6.45, 7) is 3.86. The predicted octanol–water partition coefficient (Wildman–Crippen LogP) is 4.86. The van der Waals surface area contributed by atoms with Crippen LogP contribution in [0.15, 0.2) is 71.9 Å². The van der Waals surface area contributed by atoms with Crippen molar-refractivity contribution < 1.29 is 13.7 Å². The van der Waals surface area contributed by atoms with Crippen LogP contribution < -0.4 is 9.46 Å². The van der Waals surface area contributed by atoms with Crippen LogP contribution in [0.1, 0.15) is 29.8 Å². The van der Waals surface area contributed by atoms with E-state index in [2.05, 4.69) is 15.6 Å². The van der Waals surface area contributed by atoms with E-state index in [0.29, 0.717) is 32.5 Å². The van der Waals surface area contributed by atoms with Gasteiger partial charge in [-0.2, -0.15) is 0 Å². The number of hydrogen-bond acceptors (Lipinski definition) is 4. The van der Waals surface area contributed by atoms with E-state index >= 15 is 0 Å². The molecule has 1 atom stereocenters. The second-order valence-electron chi connectivity index (χ2n) is 6.67. The molecule has 0 radical (unpaired) electrons. The van der Waals surface area contributed by atoms with E-state index in [-0.39, 0.29) is 11.9 Å². The van der Waals surface area contributed by atoms with E-state index in [1.165, 1.54) is 12.4 Å². The first-order chi connectivity index (χ1) is 13.8. The van der Waals surface area contributed by atoms with Crippen LogP contribution in [0.2, 0.25) is 5.02 Å². The van der Waals surface area contributed by atoms with Crippen molar-refractivity contribution in [3.63, 3.8) is 0 Å². The van der Waals surface area contributed by atoms with Gasteiger partial charge in [0.2, 0.25) is 0 Å². The molecule has 0 aliphatic rings. The van der Waals surface area contributed by atoms with Crippen LogP contribution in [-0.4, -0.2) is 27.0 Å². The average molecular weight is 429 g/mol. The van der Waals surface area contributed by atoms with Crippen molar-refractivity contribution in [2.45, 2.75) is 24.8 Å². The number of benzene rings is 2. The highest BCUT2D eigenvalue weighted by Gasteiger charge is 2.17. The van der Waals surface area contributed by atoms with Gasteiger partial charge in [0.25, 0.3) is 0 Å². The lowest BCUT2D eigenvalue weighted by Gasteiger charge is -2.17. The largest absolute Gasteiger partial charge is 0.491 e. The predicted molar refractivity (Wildman–Crippen MR) is 118 cm³/mol. The molecule has 0 fully saturated rings. The first-order valence-corrected chi connectivity index (χ1v) is 11.0. The van der Waals surface area contributed by atoms with Crippen molar-refractivity contribution in [3.05, 3.63) is 83.1 Å². The summed E-state index contributed by atoms with van der Waals surface area (Å²) in [4.78, 5) is 17.3. The van der Waals surface area contributed by atoms with Gasteiger partial charge in [-0.15, -0.1) is 0 Å². The van der Waals surface area contributed by atoms with Crippen LogP contribution in [0.4, 0.5) is 5.69 Å². The van der Waals surface area contributed by atoms with Gasteiger partial charge in [-0.1, -0.05) is 11.6 Å². The molecule has 0 spiro atoms. The second-order valence-corrected chi connectivity index (χ2v) is 9.13. The Balaban J connectivity index is 1.92. The standard InChI is InChI=1S/C22H21ClN2O3S/c1-15(2)28-18-5-7-19(8-6-18)29(3,27)25-21-9-4-17(23)14-20(21)22(26)16-10-12-24-13-11-16/h4-15H,3H2,1-2H3,(H,25,27). The molecule has 29 heavy (non-hydrogen) atoms. The molecular formula is C22H21ClN2O3S. The van der Waals surface area contributed by atoms with Crippen LogP contribution in [0.5, 0.6) is 5.75 Å². The van der Waals surface area contributed by atoms with Gasteiger partial charge in [-0.25, -0.2) is 4.21 Å². The van der Waals surface area contributed by atoms with Crippen LogP contribution in [0, 0.1) is 0 Å². The van der Waals surface area contributed by atoms with Gasteiger partial charge in [0.1, 0.15) is 5.75 Å². The number of nitrogens with one attached hydrogen (secondary N) is 1. The number of anilines is 1. The molecule has 3 aromatic rings. The molecule has 3 rings (SSSR count). The lowest BCUT2D eigenvalue weighted by atomic mass is 10.0. The SMILES string of the molecule is C=S(=O)(Nc1ccc(Cl)cc1C(=O)c1ccncc1)c1ccc(OC(C)C)cc1. The van der Waals surface area contributed by atoms with Gasteiger partial charge in [0.05, 0.1) is 21.5 Å². The van der Waals surface area contributed by atoms with Gasteiger partial charge in [0.15, 0.2) is 5.78 Å². The Kier molecular flexibility index (Phi) is 6.25. The molecular weight excluding hydrogens is 408 g/mol. The number of ketones is 1. The van der Waals surface area contributed by atoms with E-state index in [1.807, 2.05) is 13.8 Å². The maximum atomic E-state index is 13.3. The molecule has 1 N–H and O–H groups in total. The average Bonchev–Trinajstić information content (AvgIpc) is 2.69. The summed E-state index contributed by atoms with van der Waals surface area (Å²) in [7, 11) is -2.92. The normalized spacial score (nSPS) is 13.0. The molecule has 0 saturated carbocycles. The number of carbonyl (C=O) groups is 1. The fourth-order valence-electron chi connectivity index (χ4n) is 2.70. The van der Waals surface area contributed by atoms with E-state index in [1.54, 1.807) is 54.6 Å².